The molecule has 1 unspecified atom stereocenters. The molecule has 72 valence electrons. The van der Waals surface area contributed by atoms with E-state index in [1.54, 1.807) is 6.92 Å². The van der Waals surface area contributed by atoms with Crippen LogP contribution in [0.15, 0.2) is 16.9 Å². The molecule has 0 aliphatic rings. The first-order valence-electron chi connectivity index (χ1n) is 4.31. The summed E-state index contributed by atoms with van der Waals surface area (Å²) < 4.78 is 4.89. The average Bonchev–Trinajstić information content (AvgIpc) is 2.54. The SMILES string of the molecule is CCCC(C)(N)C(=O)c1ncco1. The van der Waals surface area contributed by atoms with Crippen molar-refractivity contribution in [2.24, 2.45) is 5.73 Å². The maximum Gasteiger partial charge on any atom is 0.265 e. The maximum absolute atomic E-state index is 11.6. The number of aromatic nitrogens is 1. The summed E-state index contributed by atoms with van der Waals surface area (Å²) in [5.74, 6) is -0.141. The van der Waals surface area contributed by atoms with Crippen molar-refractivity contribution in [1.29, 1.82) is 0 Å². The van der Waals surface area contributed by atoms with Gasteiger partial charge in [0, 0.05) is 0 Å². The third-order valence-electron chi connectivity index (χ3n) is 1.91. The van der Waals surface area contributed by atoms with Crippen LogP contribution in [-0.2, 0) is 0 Å². The molecule has 2 N–H and O–H groups in total. The molecule has 0 fully saturated rings. The van der Waals surface area contributed by atoms with E-state index in [-0.39, 0.29) is 11.7 Å². The Labute approximate surface area is 77.1 Å². The van der Waals surface area contributed by atoms with E-state index < -0.39 is 5.54 Å². The summed E-state index contributed by atoms with van der Waals surface area (Å²) in [4.78, 5) is 15.4. The number of hydrogen-bond donors (Lipinski definition) is 1. The van der Waals surface area contributed by atoms with E-state index in [0.29, 0.717) is 6.42 Å². The molecule has 0 spiro atoms. The molecular weight excluding hydrogens is 168 g/mol. The lowest BCUT2D eigenvalue weighted by Gasteiger charge is -2.19. The van der Waals surface area contributed by atoms with Crippen molar-refractivity contribution in [3.63, 3.8) is 0 Å². The molecular formula is C9H14N2O2. The number of carbonyl (C=O) groups excluding carboxylic acids is 1. The number of ketones is 1. The normalized spacial score (nSPS) is 15.3. The molecule has 0 bridgehead atoms. The topological polar surface area (TPSA) is 69.1 Å². The Morgan fingerprint density at radius 2 is 2.46 bits per heavy atom. The smallest absolute Gasteiger partial charge is 0.265 e. The van der Waals surface area contributed by atoms with Gasteiger partial charge in [-0.3, -0.25) is 4.79 Å². The minimum atomic E-state index is -0.862. The van der Waals surface area contributed by atoms with E-state index in [0.717, 1.165) is 6.42 Å². The summed E-state index contributed by atoms with van der Waals surface area (Å²) in [6, 6.07) is 0. The Morgan fingerprint density at radius 1 is 1.77 bits per heavy atom. The van der Waals surface area contributed by atoms with Gasteiger partial charge in [-0.15, -0.1) is 0 Å². The number of carbonyl (C=O) groups is 1. The zero-order valence-electron chi connectivity index (χ0n) is 7.91. The second-order valence-electron chi connectivity index (χ2n) is 3.33. The van der Waals surface area contributed by atoms with Gasteiger partial charge in [-0.05, 0) is 13.3 Å². The van der Waals surface area contributed by atoms with E-state index in [1.807, 2.05) is 6.92 Å². The number of nitrogens with two attached hydrogens (primary N) is 1. The van der Waals surface area contributed by atoms with Crippen LogP contribution in [0.25, 0.3) is 0 Å². The second-order valence-corrected chi connectivity index (χ2v) is 3.33. The third kappa shape index (κ3) is 2.15. The first-order chi connectivity index (χ1) is 6.08. The minimum absolute atomic E-state index is 0.0958. The first-order valence-corrected chi connectivity index (χ1v) is 4.31. The van der Waals surface area contributed by atoms with Crippen LogP contribution in [-0.4, -0.2) is 16.3 Å². The van der Waals surface area contributed by atoms with Crippen LogP contribution < -0.4 is 5.73 Å². The fourth-order valence-corrected chi connectivity index (χ4v) is 1.21. The fraction of sp³-hybridized carbons (Fsp3) is 0.556. The highest BCUT2D eigenvalue weighted by Crippen LogP contribution is 2.14. The predicted molar refractivity (Wildman–Crippen MR) is 48.3 cm³/mol. The van der Waals surface area contributed by atoms with Gasteiger partial charge in [0.2, 0.25) is 5.78 Å². The van der Waals surface area contributed by atoms with Gasteiger partial charge < -0.3 is 10.2 Å². The van der Waals surface area contributed by atoms with Crippen LogP contribution >= 0.6 is 0 Å². The lowest BCUT2D eigenvalue weighted by Crippen LogP contribution is -2.44. The minimum Gasteiger partial charge on any atom is -0.442 e. The highest BCUT2D eigenvalue weighted by atomic mass is 16.3. The van der Waals surface area contributed by atoms with Gasteiger partial charge in [-0.2, -0.15) is 0 Å². The van der Waals surface area contributed by atoms with Gasteiger partial charge in [0.25, 0.3) is 5.89 Å². The molecule has 4 nitrogen and oxygen atoms in total. The average molecular weight is 182 g/mol. The van der Waals surface area contributed by atoms with Crippen LogP contribution in [0.3, 0.4) is 0 Å². The van der Waals surface area contributed by atoms with Gasteiger partial charge in [0.15, 0.2) is 0 Å². The number of Topliss-reactive ketones (excluding diaryl/α,β-unsaturated/α-hetero) is 1. The maximum atomic E-state index is 11.6. The van der Waals surface area contributed by atoms with Crippen molar-refractivity contribution in [3.05, 3.63) is 18.4 Å². The third-order valence-corrected chi connectivity index (χ3v) is 1.91. The molecule has 0 saturated carbocycles. The van der Waals surface area contributed by atoms with Crippen molar-refractivity contribution in [3.8, 4) is 0 Å². The Morgan fingerprint density at radius 3 is 2.92 bits per heavy atom. The Balaban J connectivity index is 2.78. The summed E-state index contributed by atoms with van der Waals surface area (Å²) in [6.45, 7) is 3.68. The van der Waals surface area contributed by atoms with Crippen molar-refractivity contribution >= 4 is 5.78 Å². The van der Waals surface area contributed by atoms with E-state index in [2.05, 4.69) is 4.98 Å². The van der Waals surface area contributed by atoms with Crippen LogP contribution in [0.5, 0.6) is 0 Å². The van der Waals surface area contributed by atoms with E-state index in [4.69, 9.17) is 10.2 Å². The van der Waals surface area contributed by atoms with Gasteiger partial charge >= 0.3 is 0 Å². The lowest BCUT2D eigenvalue weighted by molar-refractivity contribution is 0.0857. The van der Waals surface area contributed by atoms with Crippen molar-refractivity contribution in [2.45, 2.75) is 32.2 Å². The molecule has 1 atom stereocenters. The molecule has 1 heterocycles. The molecule has 1 aromatic heterocycles. The molecule has 1 rings (SSSR count). The van der Waals surface area contributed by atoms with Crippen LogP contribution in [0.4, 0.5) is 0 Å². The molecule has 0 aliphatic heterocycles. The molecule has 0 amide bonds. The van der Waals surface area contributed by atoms with Crippen LogP contribution in [0.1, 0.15) is 37.4 Å². The van der Waals surface area contributed by atoms with Crippen molar-refractivity contribution in [2.75, 3.05) is 0 Å². The van der Waals surface area contributed by atoms with Gasteiger partial charge in [0.1, 0.15) is 6.26 Å². The molecule has 0 saturated heterocycles. The highest BCUT2D eigenvalue weighted by Gasteiger charge is 2.31. The zero-order chi connectivity index (χ0) is 9.90. The summed E-state index contributed by atoms with van der Waals surface area (Å²) in [6.07, 6.45) is 4.30. The lowest BCUT2D eigenvalue weighted by atomic mass is 9.92. The van der Waals surface area contributed by atoms with Gasteiger partial charge in [-0.25, -0.2) is 4.98 Å². The number of rotatable bonds is 4. The summed E-state index contributed by atoms with van der Waals surface area (Å²) in [5, 5.41) is 0. The highest BCUT2D eigenvalue weighted by molar-refractivity contribution is 5.99. The molecule has 13 heavy (non-hydrogen) atoms. The molecule has 0 aliphatic carbocycles. The molecule has 1 aromatic rings. The van der Waals surface area contributed by atoms with Gasteiger partial charge in [0.05, 0.1) is 11.7 Å². The summed E-state index contributed by atoms with van der Waals surface area (Å²) >= 11 is 0. The Hall–Kier alpha value is -1.16. The molecule has 0 radical (unpaired) electrons. The quantitative estimate of drug-likeness (QED) is 0.714. The van der Waals surface area contributed by atoms with Gasteiger partial charge in [-0.1, -0.05) is 13.3 Å². The molecule has 0 aromatic carbocycles. The van der Waals surface area contributed by atoms with Crippen LogP contribution in [0, 0.1) is 0 Å². The molecule has 4 heteroatoms. The van der Waals surface area contributed by atoms with Crippen LogP contribution in [0.2, 0.25) is 0 Å². The largest absolute Gasteiger partial charge is 0.442 e. The number of oxazole rings is 1. The number of nitrogens with zero attached hydrogens (tertiary/aromatic N) is 1. The second kappa shape index (κ2) is 3.70. The Bertz CT molecular complexity index is 278. The fourth-order valence-electron chi connectivity index (χ4n) is 1.21. The van der Waals surface area contributed by atoms with E-state index >= 15 is 0 Å². The number of hydrogen-bond acceptors (Lipinski definition) is 4. The van der Waals surface area contributed by atoms with E-state index in [9.17, 15) is 4.79 Å². The van der Waals surface area contributed by atoms with Crippen molar-refractivity contribution in [1.82, 2.24) is 4.98 Å². The monoisotopic (exact) mass is 182 g/mol. The van der Waals surface area contributed by atoms with E-state index in [1.165, 1.54) is 12.5 Å². The summed E-state index contributed by atoms with van der Waals surface area (Å²) in [7, 11) is 0. The zero-order valence-corrected chi connectivity index (χ0v) is 7.91. The first kappa shape index (κ1) is 9.92. The Kier molecular flexibility index (Phi) is 2.83. The van der Waals surface area contributed by atoms with Crippen molar-refractivity contribution < 1.29 is 9.21 Å². The summed E-state index contributed by atoms with van der Waals surface area (Å²) in [5.41, 5.74) is 4.95. The standard InChI is InChI=1S/C9H14N2O2/c1-3-4-9(2,10)7(12)8-11-5-6-13-8/h5-6H,3-4,10H2,1-2H3. The predicted octanol–water partition coefficient (Wildman–Crippen LogP) is 1.37.